The molecule has 18 heavy (non-hydrogen) atoms. The zero-order chi connectivity index (χ0) is 12.8. The Balaban J connectivity index is 1.72. The van der Waals surface area contributed by atoms with Gasteiger partial charge in [0.2, 0.25) is 0 Å². The van der Waals surface area contributed by atoms with Crippen LogP contribution in [0.1, 0.15) is 56.7 Å². The van der Waals surface area contributed by atoms with Crippen molar-refractivity contribution in [2.24, 2.45) is 0 Å². The van der Waals surface area contributed by atoms with Crippen LogP contribution in [0.15, 0.2) is 5.38 Å². The van der Waals surface area contributed by atoms with Crippen LogP contribution in [0.5, 0.6) is 0 Å². The van der Waals surface area contributed by atoms with Crippen LogP contribution in [0, 0.1) is 0 Å². The second-order valence-corrected chi connectivity index (χ2v) is 7.57. The van der Waals surface area contributed by atoms with E-state index in [0.717, 1.165) is 17.5 Å². The molecule has 1 N–H and O–H groups in total. The minimum Gasteiger partial charge on any atom is -0.309 e. The van der Waals surface area contributed by atoms with Gasteiger partial charge >= 0.3 is 0 Å². The summed E-state index contributed by atoms with van der Waals surface area (Å²) in [5.74, 6) is 1.11. The molecular formula is C14H24N2S2. The lowest BCUT2D eigenvalue weighted by Crippen LogP contribution is -2.21. The van der Waals surface area contributed by atoms with Crippen LogP contribution in [0.25, 0.3) is 0 Å². The zero-order valence-corrected chi connectivity index (χ0v) is 13.1. The summed E-state index contributed by atoms with van der Waals surface area (Å²) in [5.41, 5.74) is 1.20. The Morgan fingerprint density at radius 3 is 2.89 bits per heavy atom. The fraction of sp³-hybridized carbons (Fsp3) is 0.786. The lowest BCUT2D eigenvalue weighted by atomic mass is 10.0. The number of thiazole rings is 1. The summed E-state index contributed by atoms with van der Waals surface area (Å²) < 4.78 is 0. The van der Waals surface area contributed by atoms with E-state index in [-0.39, 0.29) is 0 Å². The molecule has 0 aliphatic heterocycles. The number of aromatic nitrogens is 1. The first-order valence-electron chi connectivity index (χ1n) is 7.02. The molecule has 0 spiro atoms. The van der Waals surface area contributed by atoms with E-state index in [1.165, 1.54) is 42.8 Å². The second-order valence-electron chi connectivity index (χ2n) is 5.34. The molecule has 1 aliphatic carbocycles. The molecule has 1 saturated carbocycles. The van der Waals surface area contributed by atoms with E-state index in [0.29, 0.717) is 6.04 Å². The van der Waals surface area contributed by atoms with Gasteiger partial charge in [0.25, 0.3) is 0 Å². The molecular weight excluding hydrogens is 260 g/mol. The fourth-order valence-corrected chi connectivity index (χ4v) is 4.39. The van der Waals surface area contributed by atoms with Gasteiger partial charge in [-0.2, -0.15) is 11.8 Å². The predicted molar refractivity (Wildman–Crippen MR) is 82.3 cm³/mol. The highest BCUT2D eigenvalue weighted by molar-refractivity contribution is 7.99. The predicted octanol–water partition coefficient (Wildman–Crippen LogP) is 4.21. The Kier molecular flexibility index (Phi) is 5.99. The van der Waals surface area contributed by atoms with E-state index in [1.54, 1.807) is 0 Å². The molecule has 0 radical (unpaired) electrons. The van der Waals surface area contributed by atoms with Gasteiger partial charge in [0.05, 0.1) is 5.69 Å². The Morgan fingerprint density at radius 2 is 2.17 bits per heavy atom. The average Bonchev–Trinajstić information content (AvgIpc) is 2.83. The van der Waals surface area contributed by atoms with E-state index in [2.05, 4.69) is 36.3 Å². The van der Waals surface area contributed by atoms with Crippen LogP contribution >= 0.6 is 23.1 Å². The zero-order valence-electron chi connectivity index (χ0n) is 11.4. The first-order chi connectivity index (χ1) is 8.74. The van der Waals surface area contributed by atoms with Crippen LogP contribution in [0.3, 0.4) is 0 Å². The maximum Gasteiger partial charge on any atom is 0.103 e. The molecule has 2 nitrogen and oxygen atoms in total. The number of thioether (sulfide) groups is 1. The SMILES string of the molecule is CC(C)NCc1csc(CSC2CCCCC2)n1. The maximum absolute atomic E-state index is 4.70. The van der Waals surface area contributed by atoms with Crippen LogP contribution in [-0.2, 0) is 12.3 Å². The molecule has 1 heterocycles. The number of nitrogens with zero attached hydrogens (tertiary/aromatic N) is 1. The van der Waals surface area contributed by atoms with Crippen LogP contribution < -0.4 is 5.32 Å². The summed E-state index contributed by atoms with van der Waals surface area (Å²) in [6.07, 6.45) is 7.13. The second kappa shape index (κ2) is 7.51. The number of hydrogen-bond donors (Lipinski definition) is 1. The molecule has 1 aliphatic rings. The number of hydrogen-bond acceptors (Lipinski definition) is 4. The summed E-state index contributed by atoms with van der Waals surface area (Å²) in [5, 5.41) is 7.80. The number of nitrogens with one attached hydrogen (secondary N) is 1. The Morgan fingerprint density at radius 1 is 1.39 bits per heavy atom. The van der Waals surface area contributed by atoms with Crippen molar-refractivity contribution < 1.29 is 0 Å². The van der Waals surface area contributed by atoms with Crippen molar-refractivity contribution >= 4 is 23.1 Å². The van der Waals surface area contributed by atoms with E-state index in [9.17, 15) is 0 Å². The molecule has 1 fully saturated rings. The summed E-state index contributed by atoms with van der Waals surface area (Å²) >= 11 is 3.93. The van der Waals surface area contributed by atoms with Crippen LogP contribution in [0.4, 0.5) is 0 Å². The molecule has 1 aromatic rings. The first kappa shape index (κ1) is 14.4. The highest BCUT2D eigenvalue weighted by atomic mass is 32.2. The topological polar surface area (TPSA) is 24.9 Å². The molecule has 2 rings (SSSR count). The van der Waals surface area contributed by atoms with Gasteiger partial charge in [0.1, 0.15) is 5.01 Å². The molecule has 0 amide bonds. The Bertz CT molecular complexity index is 343. The van der Waals surface area contributed by atoms with E-state index in [1.807, 2.05) is 11.3 Å². The minimum atomic E-state index is 0.534. The maximum atomic E-state index is 4.70. The highest BCUT2D eigenvalue weighted by Crippen LogP contribution is 2.31. The normalized spacial score (nSPS) is 17.5. The summed E-state index contributed by atoms with van der Waals surface area (Å²) in [6, 6.07) is 0.534. The summed E-state index contributed by atoms with van der Waals surface area (Å²) in [6.45, 7) is 5.25. The monoisotopic (exact) mass is 284 g/mol. The van der Waals surface area contributed by atoms with Crippen molar-refractivity contribution in [3.05, 3.63) is 16.1 Å². The molecule has 0 unspecified atom stereocenters. The van der Waals surface area contributed by atoms with Gasteiger partial charge in [-0.15, -0.1) is 11.3 Å². The molecule has 4 heteroatoms. The van der Waals surface area contributed by atoms with Gasteiger partial charge < -0.3 is 5.32 Å². The van der Waals surface area contributed by atoms with E-state index >= 15 is 0 Å². The van der Waals surface area contributed by atoms with E-state index in [4.69, 9.17) is 4.98 Å². The smallest absolute Gasteiger partial charge is 0.103 e. The number of rotatable bonds is 6. The third kappa shape index (κ3) is 4.90. The van der Waals surface area contributed by atoms with Gasteiger partial charge in [-0.3, -0.25) is 0 Å². The van der Waals surface area contributed by atoms with Crippen LogP contribution in [0.2, 0.25) is 0 Å². The van der Waals surface area contributed by atoms with Crippen molar-refractivity contribution in [2.45, 2.75) is 69.5 Å². The largest absolute Gasteiger partial charge is 0.309 e. The highest BCUT2D eigenvalue weighted by Gasteiger charge is 2.14. The molecule has 0 aromatic carbocycles. The fourth-order valence-electron chi connectivity index (χ4n) is 2.23. The minimum absolute atomic E-state index is 0.534. The average molecular weight is 284 g/mol. The third-order valence-electron chi connectivity index (χ3n) is 3.29. The molecule has 0 bridgehead atoms. The standard InChI is InChI=1S/C14H24N2S2/c1-11(2)15-8-12-9-18-14(16-12)10-17-13-6-4-3-5-7-13/h9,11,13,15H,3-8,10H2,1-2H3. The lowest BCUT2D eigenvalue weighted by molar-refractivity contribution is 0.516. The van der Waals surface area contributed by atoms with Crippen molar-refractivity contribution in [1.29, 1.82) is 0 Å². The van der Waals surface area contributed by atoms with E-state index < -0.39 is 0 Å². The van der Waals surface area contributed by atoms with Gasteiger partial charge in [0, 0.05) is 29.0 Å². The summed E-state index contributed by atoms with van der Waals surface area (Å²) in [4.78, 5) is 4.70. The quantitative estimate of drug-likeness (QED) is 0.847. The van der Waals surface area contributed by atoms with Crippen LogP contribution in [-0.4, -0.2) is 16.3 Å². The van der Waals surface area contributed by atoms with Crippen molar-refractivity contribution in [1.82, 2.24) is 10.3 Å². The third-order valence-corrected chi connectivity index (χ3v) is 5.75. The lowest BCUT2D eigenvalue weighted by Gasteiger charge is -2.20. The molecule has 102 valence electrons. The van der Waals surface area contributed by atoms with Gasteiger partial charge in [-0.1, -0.05) is 33.1 Å². The van der Waals surface area contributed by atoms with Gasteiger partial charge in [0.15, 0.2) is 0 Å². The van der Waals surface area contributed by atoms with Gasteiger partial charge in [-0.05, 0) is 12.8 Å². The summed E-state index contributed by atoms with van der Waals surface area (Å²) in [7, 11) is 0. The molecule has 1 aromatic heterocycles. The Hall–Kier alpha value is -0.0600. The van der Waals surface area contributed by atoms with Gasteiger partial charge in [-0.25, -0.2) is 4.98 Å². The Labute approximate surface area is 119 Å². The molecule has 0 atom stereocenters. The van der Waals surface area contributed by atoms with Crippen molar-refractivity contribution in [3.63, 3.8) is 0 Å². The molecule has 0 saturated heterocycles. The van der Waals surface area contributed by atoms with Crippen molar-refractivity contribution in [2.75, 3.05) is 0 Å². The first-order valence-corrected chi connectivity index (χ1v) is 8.95. The van der Waals surface area contributed by atoms with Crippen molar-refractivity contribution in [3.8, 4) is 0 Å².